The number of rotatable bonds is 7. The second-order valence-electron chi connectivity index (χ2n) is 6.18. The van der Waals surface area contributed by atoms with Gasteiger partial charge in [0.1, 0.15) is 0 Å². The molecule has 0 atom stereocenters. The summed E-state index contributed by atoms with van der Waals surface area (Å²) in [6.45, 7) is 2.62. The van der Waals surface area contributed by atoms with Crippen molar-refractivity contribution in [3.8, 4) is 5.75 Å². The molecule has 1 N–H and O–H groups in total. The van der Waals surface area contributed by atoms with Gasteiger partial charge < -0.3 is 15.0 Å². The minimum Gasteiger partial charge on any atom is -0.481 e. The van der Waals surface area contributed by atoms with E-state index in [1.54, 1.807) is 12.1 Å². The number of hydrogen-bond donors (Lipinski definition) is 1. The minimum atomic E-state index is -0.464. The van der Waals surface area contributed by atoms with Crippen LogP contribution in [0.1, 0.15) is 18.4 Å². The summed E-state index contributed by atoms with van der Waals surface area (Å²) in [7, 11) is 0. The molecule has 0 unspecified atom stereocenters. The Labute approximate surface area is 147 Å². The van der Waals surface area contributed by atoms with E-state index in [9.17, 15) is 9.18 Å². The second-order valence-corrected chi connectivity index (χ2v) is 6.18. The number of amides is 1. The highest BCUT2D eigenvalue weighted by Crippen LogP contribution is 2.20. The summed E-state index contributed by atoms with van der Waals surface area (Å²) in [6.07, 6.45) is 3.29. The molecule has 4 nitrogen and oxygen atoms in total. The number of benzene rings is 2. The van der Waals surface area contributed by atoms with Gasteiger partial charge in [-0.15, -0.1) is 0 Å². The Morgan fingerprint density at radius 2 is 1.80 bits per heavy atom. The lowest BCUT2D eigenvalue weighted by molar-refractivity contribution is -0.123. The van der Waals surface area contributed by atoms with Crippen LogP contribution in [0.2, 0.25) is 0 Å². The lowest BCUT2D eigenvalue weighted by Gasteiger charge is -2.17. The fourth-order valence-corrected chi connectivity index (χ4v) is 2.95. The van der Waals surface area contributed by atoms with Crippen molar-refractivity contribution in [2.75, 3.05) is 31.1 Å². The van der Waals surface area contributed by atoms with Crippen LogP contribution >= 0.6 is 0 Å². The highest BCUT2D eigenvalue weighted by atomic mass is 19.1. The number of nitrogens with one attached hydrogen (secondary N) is 1. The maximum atomic E-state index is 13.4. The molecule has 0 spiro atoms. The fraction of sp³-hybridized carbons (Fsp3) is 0.350. The molecule has 1 aliphatic heterocycles. The zero-order chi connectivity index (χ0) is 17.5. The number of ether oxygens (including phenoxy) is 1. The van der Waals surface area contributed by atoms with Crippen molar-refractivity contribution >= 4 is 11.6 Å². The molecule has 0 aromatic heterocycles. The molecule has 132 valence electrons. The van der Waals surface area contributed by atoms with Crippen LogP contribution in [-0.4, -0.2) is 32.1 Å². The van der Waals surface area contributed by atoms with Gasteiger partial charge in [0.15, 0.2) is 18.2 Å². The minimum absolute atomic E-state index is 0.0927. The molecule has 2 aromatic carbocycles. The molecular weight excluding hydrogens is 319 g/mol. The molecule has 0 radical (unpaired) electrons. The van der Waals surface area contributed by atoms with Gasteiger partial charge in [-0.2, -0.15) is 0 Å². The predicted octanol–water partition coefficient (Wildman–Crippen LogP) is 3.16. The van der Waals surface area contributed by atoms with Crippen molar-refractivity contribution in [2.24, 2.45) is 0 Å². The lowest BCUT2D eigenvalue weighted by atomic mass is 10.1. The number of carbonyl (C=O) groups is 1. The molecule has 1 amide bonds. The Kier molecular flexibility index (Phi) is 5.88. The summed E-state index contributed by atoms with van der Waals surface area (Å²) in [5, 5.41) is 2.79. The van der Waals surface area contributed by atoms with E-state index in [4.69, 9.17) is 4.74 Å². The van der Waals surface area contributed by atoms with E-state index in [1.165, 1.54) is 36.2 Å². The van der Waals surface area contributed by atoms with Gasteiger partial charge in [-0.1, -0.05) is 24.3 Å². The molecule has 3 rings (SSSR count). The molecule has 5 heteroatoms. The Morgan fingerprint density at radius 1 is 1.08 bits per heavy atom. The highest BCUT2D eigenvalue weighted by Gasteiger charge is 2.11. The van der Waals surface area contributed by atoms with Gasteiger partial charge in [-0.25, -0.2) is 4.39 Å². The van der Waals surface area contributed by atoms with Crippen LogP contribution in [0.15, 0.2) is 48.5 Å². The van der Waals surface area contributed by atoms with Crippen molar-refractivity contribution in [2.45, 2.75) is 19.3 Å². The first-order valence-corrected chi connectivity index (χ1v) is 8.70. The Bertz CT molecular complexity index is 697. The number of halogens is 1. The van der Waals surface area contributed by atoms with E-state index in [0.29, 0.717) is 6.54 Å². The van der Waals surface area contributed by atoms with Gasteiger partial charge >= 0.3 is 0 Å². The van der Waals surface area contributed by atoms with E-state index in [0.717, 1.165) is 19.5 Å². The zero-order valence-corrected chi connectivity index (χ0v) is 14.2. The SMILES string of the molecule is O=C(COc1ccccc1F)NCCc1ccc(N2CCCC2)cc1. The quantitative estimate of drug-likeness (QED) is 0.840. The summed E-state index contributed by atoms with van der Waals surface area (Å²) in [4.78, 5) is 14.2. The molecule has 1 fully saturated rings. The van der Waals surface area contributed by atoms with Crippen LogP contribution in [0.5, 0.6) is 5.75 Å². The average molecular weight is 342 g/mol. The first kappa shape index (κ1) is 17.3. The van der Waals surface area contributed by atoms with E-state index < -0.39 is 5.82 Å². The maximum Gasteiger partial charge on any atom is 0.257 e. The lowest BCUT2D eigenvalue weighted by Crippen LogP contribution is -2.30. The molecule has 2 aromatic rings. The molecule has 25 heavy (non-hydrogen) atoms. The van der Waals surface area contributed by atoms with Crippen LogP contribution in [-0.2, 0) is 11.2 Å². The topological polar surface area (TPSA) is 41.6 Å². The van der Waals surface area contributed by atoms with Gasteiger partial charge in [0.25, 0.3) is 5.91 Å². The highest BCUT2D eigenvalue weighted by molar-refractivity contribution is 5.77. The summed E-state index contributed by atoms with van der Waals surface area (Å²) in [6, 6.07) is 14.6. The third kappa shape index (κ3) is 4.95. The van der Waals surface area contributed by atoms with Crippen LogP contribution in [0, 0.1) is 5.82 Å². The Balaban J connectivity index is 1.38. The summed E-state index contributed by atoms with van der Waals surface area (Å²) >= 11 is 0. The van der Waals surface area contributed by atoms with Crippen molar-refractivity contribution in [1.29, 1.82) is 0 Å². The standard InChI is InChI=1S/C20H23FN2O2/c21-18-5-1-2-6-19(18)25-15-20(24)22-12-11-16-7-9-17(10-8-16)23-13-3-4-14-23/h1-2,5-10H,3-4,11-15H2,(H,22,24). The van der Waals surface area contributed by atoms with Gasteiger partial charge in [-0.05, 0) is 49.1 Å². The summed E-state index contributed by atoms with van der Waals surface area (Å²) in [5.74, 6) is -0.625. The predicted molar refractivity (Wildman–Crippen MR) is 96.5 cm³/mol. The molecule has 1 aliphatic rings. The van der Waals surface area contributed by atoms with E-state index >= 15 is 0 Å². The largest absolute Gasteiger partial charge is 0.481 e. The molecule has 0 bridgehead atoms. The number of nitrogens with zero attached hydrogens (tertiary/aromatic N) is 1. The van der Waals surface area contributed by atoms with Gasteiger partial charge in [0.2, 0.25) is 0 Å². The molecular formula is C20H23FN2O2. The number of para-hydroxylation sites is 1. The fourth-order valence-electron chi connectivity index (χ4n) is 2.95. The number of carbonyl (C=O) groups excluding carboxylic acids is 1. The first-order valence-electron chi connectivity index (χ1n) is 8.70. The van der Waals surface area contributed by atoms with Crippen LogP contribution < -0.4 is 15.0 Å². The van der Waals surface area contributed by atoms with Gasteiger partial charge in [0, 0.05) is 25.3 Å². The van der Waals surface area contributed by atoms with E-state index in [1.807, 2.05) is 0 Å². The smallest absolute Gasteiger partial charge is 0.257 e. The normalized spacial score (nSPS) is 13.7. The van der Waals surface area contributed by atoms with Crippen molar-refractivity contribution in [1.82, 2.24) is 5.32 Å². The zero-order valence-electron chi connectivity index (χ0n) is 14.2. The second kappa shape index (κ2) is 8.51. The van der Waals surface area contributed by atoms with E-state index in [-0.39, 0.29) is 18.3 Å². The third-order valence-electron chi connectivity index (χ3n) is 4.34. The number of anilines is 1. The third-order valence-corrected chi connectivity index (χ3v) is 4.34. The Morgan fingerprint density at radius 3 is 2.52 bits per heavy atom. The van der Waals surface area contributed by atoms with Gasteiger partial charge in [-0.3, -0.25) is 4.79 Å². The van der Waals surface area contributed by atoms with Gasteiger partial charge in [0.05, 0.1) is 0 Å². The maximum absolute atomic E-state index is 13.4. The molecule has 1 heterocycles. The van der Waals surface area contributed by atoms with E-state index in [2.05, 4.69) is 34.5 Å². The van der Waals surface area contributed by atoms with Crippen LogP contribution in [0.25, 0.3) is 0 Å². The van der Waals surface area contributed by atoms with Crippen molar-refractivity contribution in [3.05, 3.63) is 59.9 Å². The molecule has 1 saturated heterocycles. The summed E-state index contributed by atoms with van der Waals surface area (Å²) < 4.78 is 18.6. The average Bonchev–Trinajstić information content (AvgIpc) is 3.16. The van der Waals surface area contributed by atoms with Crippen molar-refractivity contribution < 1.29 is 13.9 Å². The molecule has 0 aliphatic carbocycles. The monoisotopic (exact) mass is 342 g/mol. The molecule has 0 saturated carbocycles. The van der Waals surface area contributed by atoms with Crippen LogP contribution in [0.3, 0.4) is 0 Å². The van der Waals surface area contributed by atoms with Crippen LogP contribution in [0.4, 0.5) is 10.1 Å². The summed E-state index contributed by atoms with van der Waals surface area (Å²) in [5.41, 5.74) is 2.45. The Hall–Kier alpha value is -2.56. The first-order chi connectivity index (χ1) is 12.2. The number of hydrogen-bond acceptors (Lipinski definition) is 3. The van der Waals surface area contributed by atoms with Crippen molar-refractivity contribution in [3.63, 3.8) is 0 Å².